The van der Waals surface area contributed by atoms with E-state index in [0.717, 1.165) is 17.8 Å². The minimum Gasteiger partial charge on any atom is -0.480 e. The smallest absolute Gasteiger partial charge is 0.317 e. The van der Waals surface area contributed by atoms with E-state index in [1.807, 2.05) is 24.5 Å². The average Bonchev–Trinajstić information content (AvgIpc) is 2.94. The van der Waals surface area contributed by atoms with E-state index in [1.54, 1.807) is 0 Å². The van der Waals surface area contributed by atoms with Crippen LogP contribution in [0.25, 0.3) is 0 Å². The lowest BCUT2D eigenvalue weighted by atomic mass is 9.53. The molecule has 0 spiro atoms. The maximum absolute atomic E-state index is 10.6. The molecule has 4 heteroatoms. The van der Waals surface area contributed by atoms with Gasteiger partial charge in [0.1, 0.15) is 0 Å². The molecule has 0 aliphatic heterocycles. The third-order valence-corrected chi connectivity index (χ3v) is 5.15. The van der Waals surface area contributed by atoms with Crippen molar-refractivity contribution in [1.29, 1.82) is 0 Å². The van der Waals surface area contributed by atoms with Gasteiger partial charge >= 0.3 is 5.97 Å². The molecule has 0 radical (unpaired) electrons. The van der Waals surface area contributed by atoms with Gasteiger partial charge in [0.2, 0.25) is 0 Å². The summed E-state index contributed by atoms with van der Waals surface area (Å²) in [6.07, 6.45) is 11.7. The number of aromatic nitrogens is 1. The molecule has 5 rings (SSSR count). The summed E-state index contributed by atoms with van der Waals surface area (Å²) >= 11 is 0. The largest absolute Gasteiger partial charge is 0.480 e. The van der Waals surface area contributed by atoms with Gasteiger partial charge in [-0.15, -0.1) is 0 Å². The van der Waals surface area contributed by atoms with Crippen LogP contribution >= 0.6 is 0 Å². The molecule has 1 aromatic heterocycles. The first-order valence-electron chi connectivity index (χ1n) is 7.70. The molecule has 0 aromatic carbocycles. The van der Waals surface area contributed by atoms with Crippen molar-refractivity contribution >= 4 is 5.97 Å². The van der Waals surface area contributed by atoms with E-state index in [-0.39, 0.29) is 12.1 Å². The summed E-state index contributed by atoms with van der Waals surface area (Å²) < 4.78 is 0. The first-order chi connectivity index (χ1) is 9.65. The van der Waals surface area contributed by atoms with Gasteiger partial charge in [0.15, 0.2) is 0 Å². The highest BCUT2D eigenvalue weighted by atomic mass is 16.4. The molecule has 4 nitrogen and oxygen atoms in total. The minimum atomic E-state index is -0.717. The molecule has 4 aliphatic rings. The quantitative estimate of drug-likeness (QED) is 0.795. The van der Waals surface area contributed by atoms with Crippen LogP contribution in [0.4, 0.5) is 0 Å². The predicted molar refractivity (Wildman–Crippen MR) is 77.3 cm³/mol. The Balaban J connectivity index is 0.000000205. The van der Waals surface area contributed by atoms with Gasteiger partial charge in [0, 0.05) is 17.9 Å². The van der Waals surface area contributed by atoms with E-state index in [2.05, 4.69) is 10.3 Å². The highest BCUT2D eigenvalue weighted by Crippen LogP contribution is 2.55. The Bertz CT molecular complexity index is 389. The van der Waals surface area contributed by atoms with Crippen molar-refractivity contribution in [3.63, 3.8) is 0 Å². The Morgan fingerprint density at radius 1 is 1.10 bits per heavy atom. The number of carboxylic acid groups (broad SMARTS) is 1. The molecule has 110 valence electrons. The second-order valence-electron chi connectivity index (χ2n) is 6.83. The fraction of sp³-hybridized carbons (Fsp3) is 0.688. The van der Waals surface area contributed by atoms with Gasteiger partial charge in [-0.3, -0.25) is 4.79 Å². The lowest BCUT2D eigenvalue weighted by Gasteiger charge is -2.57. The van der Waals surface area contributed by atoms with E-state index in [1.165, 1.54) is 38.5 Å². The van der Waals surface area contributed by atoms with Crippen LogP contribution < -0.4 is 5.32 Å². The monoisotopic (exact) mass is 276 g/mol. The summed E-state index contributed by atoms with van der Waals surface area (Å²) in [4.78, 5) is 13.5. The third-order valence-electron chi connectivity index (χ3n) is 5.15. The summed E-state index contributed by atoms with van der Waals surface area (Å²) in [6, 6.07) is 3.89. The van der Waals surface area contributed by atoms with E-state index in [4.69, 9.17) is 5.11 Å². The van der Waals surface area contributed by atoms with Gasteiger partial charge in [0.05, 0.1) is 6.54 Å². The number of aromatic amines is 1. The van der Waals surface area contributed by atoms with Crippen LogP contribution in [-0.4, -0.2) is 28.1 Å². The summed E-state index contributed by atoms with van der Waals surface area (Å²) in [5.41, 5.74) is 0.202. The topological polar surface area (TPSA) is 65.1 Å². The number of nitrogens with one attached hydrogen (secondary N) is 2. The van der Waals surface area contributed by atoms with Crippen molar-refractivity contribution in [1.82, 2.24) is 10.3 Å². The van der Waals surface area contributed by atoms with E-state index < -0.39 is 5.97 Å². The molecular weight excluding hydrogens is 252 g/mol. The number of hydrogen-bond donors (Lipinski definition) is 3. The van der Waals surface area contributed by atoms with Gasteiger partial charge in [-0.25, -0.2) is 0 Å². The molecule has 20 heavy (non-hydrogen) atoms. The molecule has 4 fully saturated rings. The van der Waals surface area contributed by atoms with Crippen LogP contribution in [0.2, 0.25) is 0 Å². The van der Waals surface area contributed by atoms with Crippen LogP contribution in [0.5, 0.6) is 0 Å². The second kappa shape index (κ2) is 5.60. The van der Waals surface area contributed by atoms with Crippen LogP contribution in [0, 0.1) is 17.8 Å². The molecule has 4 bridgehead atoms. The predicted octanol–water partition coefficient (Wildman–Crippen LogP) is 2.64. The minimum absolute atomic E-state index is 0.145. The standard InChI is InChI=1S/C12H19NO2.C4H5N/c14-11(15)7-13-12-4-8-1-9(5-12)3-10(2-8)6-12;1-2-4-5-3-1/h8-10,13H,1-7H2,(H,14,15);1-5H. The third kappa shape index (κ3) is 3.06. The lowest BCUT2D eigenvalue weighted by Crippen LogP contribution is -2.59. The zero-order valence-corrected chi connectivity index (χ0v) is 11.8. The SMILES string of the molecule is O=C(O)CNC12CC3CC(CC(C3)C1)C2.c1cc[nH]c1. The summed E-state index contributed by atoms with van der Waals surface area (Å²) in [6.45, 7) is 0.145. The summed E-state index contributed by atoms with van der Waals surface area (Å²) in [5.74, 6) is 1.94. The lowest BCUT2D eigenvalue weighted by molar-refractivity contribution is -0.137. The molecule has 1 heterocycles. The van der Waals surface area contributed by atoms with E-state index in [0.29, 0.717) is 0 Å². The highest BCUT2D eigenvalue weighted by molar-refractivity contribution is 5.69. The normalized spacial score (nSPS) is 37.3. The molecule has 0 saturated heterocycles. The Morgan fingerprint density at radius 3 is 1.95 bits per heavy atom. The molecule has 0 atom stereocenters. The Kier molecular flexibility index (Phi) is 3.83. The van der Waals surface area contributed by atoms with E-state index >= 15 is 0 Å². The Labute approximate surface area is 120 Å². The molecular formula is C16H24N2O2. The van der Waals surface area contributed by atoms with Crippen molar-refractivity contribution in [2.24, 2.45) is 17.8 Å². The van der Waals surface area contributed by atoms with Crippen molar-refractivity contribution in [3.05, 3.63) is 24.5 Å². The van der Waals surface area contributed by atoms with Crippen molar-refractivity contribution in [2.45, 2.75) is 44.1 Å². The molecule has 1 aromatic rings. The van der Waals surface area contributed by atoms with Gasteiger partial charge in [-0.2, -0.15) is 0 Å². The molecule has 0 unspecified atom stereocenters. The zero-order chi connectivity index (χ0) is 14.0. The average molecular weight is 276 g/mol. The fourth-order valence-corrected chi connectivity index (χ4v) is 4.87. The van der Waals surface area contributed by atoms with Crippen LogP contribution in [-0.2, 0) is 4.79 Å². The summed E-state index contributed by atoms with van der Waals surface area (Å²) in [5, 5.41) is 12.1. The number of carbonyl (C=O) groups is 1. The Morgan fingerprint density at radius 2 is 1.60 bits per heavy atom. The van der Waals surface area contributed by atoms with Crippen molar-refractivity contribution in [2.75, 3.05) is 6.54 Å². The van der Waals surface area contributed by atoms with Crippen molar-refractivity contribution < 1.29 is 9.90 Å². The number of H-pyrrole nitrogens is 1. The maximum atomic E-state index is 10.6. The van der Waals surface area contributed by atoms with Gasteiger partial charge < -0.3 is 15.4 Å². The van der Waals surface area contributed by atoms with Gasteiger partial charge in [0.25, 0.3) is 0 Å². The molecule has 3 N–H and O–H groups in total. The number of carboxylic acids is 1. The number of aliphatic carboxylic acids is 1. The number of hydrogen-bond acceptors (Lipinski definition) is 2. The first kappa shape index (κ1) is 13.7. The number of rotatable bonds is 3. The fourth-order valence-electron chi connectivity index (χ4n) is 4.87. The van der Waals surface area contributed by atoms with Gasteiger partial charge in [-0.05, 0) is 68.4 Å². The van der Waals surface area contributed by atoms with Crippen LogP contribution in [0.15, 0.2) is 24.5 Å². The first-order valence-corrected chi connectivity index (χ1v) is 7.70. The molecule has 4 saturated carbocycles. The second-order valence-corrected chi connectivity index (χ2v) is 6.83. The zero-order valence-electron chi connectivity index (χ0n) is 11.8. The summed E-state index contributed by atoms with van der Waals surface area (Å²) in [7, 11) is 0. The molecule has 4 aliphatic carbocycles. The molecule has 0 amide bonds. The van der Waals surface area contributed by atoms with Gasteiger partial charge in [-0.1, -0.05) is 0 Å². The van der Waals surface area contributed by atoms with Crippen LogP contribution in [0.3, 0.4) is 0 Å². The van der Waals surface area contributed by atoms with Crippen LogP contribution in [0.1, 0.15) is 38.5 Å². The maximum Gasteiger partial charge on any atom is 0.317 e. The van der Waals surface area contributed by atoms with Crippen molar-refractivity contribution in [3.8, 4) is 0 Å². The van der Waals surface area contributed by atoms with E-state index in [9.17, 15) is 4.79 Å². The Hall–Kier alpha value is -1.29. The highest BCUT2D eigenvalue weighted by Gasteiger charge is 2.50.